The Kier molecular flexibility index (Phi) is 3.94. The first-order valence-electron chi connectivity index (χ1n) is 6.98. The molecule has 0 aromatic carbocycles. The van der Waals surface area contributed by atoms with Crippen LogP contribution in [0.4, 0.5) is 11.6 Å². The summed E-state index contributed by atoms with van der Waals surface area (Å²) in [5.74, 6) is 2.70. The molecule has 2 heterocycles. The number of anilines is 2. The van der Waals surface area contributed by atoms with Crippen LogP contribution in [0.2, 0.25) is 0 Å². The van der Waals surface area contributed by atoms with Crippen molar-refractivity contribution in [3.8, 4) is 0 Å². The number of rotatable bonds is 2. The van der Waals surface area contributed by atoms with Crippen molar-refractivity contribution in [2.75, 3.05) is 23.3 Å². The summed E-state index contributed by atoms with van der Waals surface area (Å²) in [6.07, 6.45) is 2.07. The van der Waals surface area contributed by atoms with Gasteiger partial charge in [0.25, 0.3) is 0 Å². The first-order chi connectivity index (χ1) is 8.83. The Balaban J connectivity index is 2.17. The molecule has 19 heavy (non-hydrogen) atoms. The van der Waals surface area contributed by atoms with Crippen molar-refractivity contribution < 1.29 is 0 Å². The Morgan fingerprint density at radius 2 is 1.89 bits per heavy atom. The van der Waals surface area contributed by atoms with Crippen LogP contribution in [0.5, 0.6) is 0 Å². The lowest BCUT2D eigenvalue weighted by atomic mass is 10.1. The molecule has 0 aliphatic carbocycles. The minimum absolute atomic E-state index is 0.00230. The molecule has 1 aromatic heterocycles. The number of nitrogens with one attached hydrogen (secondary N) is 1. The fourth-order valence-corrected chi connectivity index (χ4v) is 2.29. The van der Waals surface area contributed by atoms with E-state index in [1.165, 1.54) is 0 Å². The van der Waals surface area contributed by atoms with Crippen molar-refractivity contribution in [2.24, 2.45) is 5.73 Å². The highest BCUT2D eigenvalue weighted by atomic mass is 15.2. The third-order valence-electron chi connectivity index (χ3n) is 3.19. The lowest BCUT2D eigenvalue weighted by Gasteiger charge is -2.31. The average Bonchev–Trinajstić information content (AvgIpc) is 2.26. The van der Waals surface area contributed by atoms with Gasteiger partial charge in [-0.2, -0.15) is 0 Å². The van der Waals surface area contributed by atoms with E-state index in [2.05, 4.69) is 41.0 Å². The molecule has 1 aliphatic rings. The molecule has 3 N–H and O–H groups in total. The molecule has 1 aliphatic heterocycles. The lowest BCUT2D eigenvalue weighted by molar-refractivity contribution is 0.498. The molecule has 0 saturated carbocycles. The minimum Gasteiger partial charge on any atom is -0.365 e. The smallest absolute Gasteiger partial charge is 0.134 e. The molecule has 1 fully saturated rings. The Labute approximate surface area is 115 Å². The summed E-state index contributed by atoms with van der Waals surface area (Å²) in [7, 11) is 0. The van der Waals surface area contributed by atoms with E-state index in [9.17, 15) is 0 Å². The van der Waals surface area contributed by atoms with Crippen LogP contribution in [-0.2, 0) is 0 Å². The lowest BCUT2D eigenvalue weighted by Crippen LogP contribution is -2.40. The van der Waals surface area contributed by atoms with Crippen molar-refractivity contribution in [1.29, 1.82) is 0 Å². The van der Waals surface area contributed by atoms with E-state index in [4.69, 9.17) is 5.73 Å². The largest absolute Gasteiger partial charge is 0.365 e. The van der Waals surface area contributed by atoms with Gasteiger partial charge >= 0.3 is 0 Å². The van der Waals surface area contributed by atoms with Gasteiger partial charge in [-0.1, -0.05) is 0 Å². The zero-order chi connectivity index (χ0) is 14.0. The number of hydrogen-bond acceptors (Lipinski definition) is 5. The van der Waals surface area contributed by atoms with Gasteiger partial charge in [-0.25, -0.2) is 9.97 Å². The van der Waals surface area contributed by atoms with Gasteiger partial charge in [-0.05, 0) is 40.5 Å². The van der Waals surface area contributed by atoms with Crippen LogP contribution >= 0.6 is 0 Å². The van der Waals surface area contributed by atoms with Gasteiger partial charge < -0.3 is 16.0 Å². The summed E-state index contributed by atoms with van der Waals surface area (Å²) in [5.41, 5.74) is 5.95. The quantitative estimate of drug-likeness (QED) is 0.853. The Morgan fingerprint density at radius 3 is 2.47 bits per heavy atom. The predicted octanol–water partition coefficient (Wildman–Crippen LogP) is 1.92. The van der Waals surface area contributed by atoms with Crippen LogP contribution in [0.25, 0.3) is 0 Å². The molecule has 1 saturated heterocycles. The zero-order valence-electron chi connectivity index (χ0n) is 12.4. The van der Waals surface area contributed by atoms with Crippen molar-refractivity contribution in [3.63, 3.8) is 0 Å². The highest BCUT2D eigenvalue weighted by Crippen LogP contribution is 2.21. The first kappa shape index (κ1) is 14.1. The van der Waals surface area contributed by atoms with E-state index in [1.807, 2.05) is 13.0 Å². The van der Waals surface area contributed by atoms with Gasteiger partial charge in [-0.3, -0.25) is 0 Å². The molecule has 0 atom stereocenters. The number of nitrogens with two attached hydrogens (primary N) is 1. The molecular weight excluding hydrogens is 238 g/mol. The van der Waals surface area contributed by atoms with E-state index >= 15 is 0 Å². The number of aromatic nitrogens is 2. The topological polar surface area (TPSA) is 67.1 Å². The van der Waals surface area contributed by atoms with Crippen LogP contribution in [-0.4, -0.2) is 34.6 Å². The van der Waals surface area contributed by atoms with Crippen LogP contribution in [0.1, 0.15) is 39.4 Å². The maximum absolute atomic E-state index is 5.95. The van der Waals surface area contributed by atoms with Gasteiger partial charge in [0.1, 0.15) is 17.5 Å². The molecule has 0 radical (unpaired) electrons. The van der Waals surface area contributed by atoms with Crippen LogP contribution < -0.4 is 16.0 Å². The van der Waals surface area contributed by atoms with Crippen LogP contribution in [0.3, 0.4) is 0 Å². The molecule has 0 unspecified atom stereocenters. The number of hydrogen-bond donors (Lipinski definition) is 2. The average molecular weight is 263 g/mol. The van der Waals surface area contributed by atoms with E-state index in [1.54, 1.807) is 0 Å². The van der Waals surface area contributed by atoms with Gasteiger partial charge in [0.2, 0.25) is 0 Å². The predicted molar refractivity (Wildman–Crippen MR) is 79.6 cm³/mol. The van der Waals surface area contributed by atoms with Gasteiger partial charge in [-0.15, -0.1) is 0 Å². The van der Waals surface area contributed by atoms with E-state index in [-0.39, 0.29) is 5.54 Å². The minimum atomic E-state index is 0.00230. The SMILES string of the molecule is Cc1nc(NC(C)(C)C)cc(N2CCC(N)CC2)n1. The van der Waals surface area contributed by atoms with Crippen molar-refractivity contribution in [1.82, 2.24) is 9.97 Å². The third kappa shape index (κ3) is 4.06. The summed E-state index contributed by atoms with van der Waals surface area (Å²) < 4.78 is 0. The molecule has 5 heteroatoms. The highest BCUT2D eigenvalue weighted by molar-refractivity contribution is 5.50. The van der Waals surface area contributed by atoms with E-state index < -0.39 is 0 Å². The normalized spacial score (nSPS) is 17.6. The van der Waals surface area contributed by atoms with Crippen molar-refractivity contribution in [2.45, 2.75) is 52.1 Å². The second kappa shape index (κ2) is 5.33. The fourth-order valence-electron chi connectivity index (χ4n) is 2.29. The number of piperidine rings is 1. The monoisotopic (exact) mass is 263 g/mol. The standard InChI is InChI=1S/C14H25N5/c1-10-16-12(18-14(2,3)4)9-13(17-10)19-7-5-11(15)6-8-19/h9,11H,5-8,15H2,1-4H3,(H,16,17,18). The maximum Gasteiger partial charge on any atom is 0.134 e. The maximum atomic E-state index is 5.95. The summed E-state index contributed by atoms with van der Waals surface area (Å²) in [6, 6.07) is 2.38. The van der Waals surface area contributed by atoms with Crippen molar-refractivity contribution in [3.05, 3.63) is 11.9 Å². The van der Waals surface area contributed by atoms with Gasteiger partial charge in [0.15, 0.2) is 0 Å². The molecule has 2 rings (SSSR count). The van der Waals surface area contributed by atoms with Crippen LogP contribution in [0, 0.1) is 6.92 Å². The molecule has 0 bridgehead atoms. The van der Waals surface area contributed by atoms with E-state index in [0.717, 1.165) is 43.4 Å². The molecule has 0 amide bonds. The molecule has 106 valence electrons. The molecule has 1 aromatic rings. The Bertz CT molecular complexity index is 430. The second-order valence-electron chi connectivity index (χ2n) is 6.36. The molecular formula is C14H25N5. The summed E-state index contributed by atoms with van der Waals surface area (Å²) in [4.78, 5) is 11.3. The van der Waals surface area contributed by atoms with Gasteiger partial charge in [0, 0.05) is 30.7 Å². The molecule has 5 nitrogen and oxygen atoms in total. The number of nitrogens with zero attached hydrogens (tertiary/aromatic N) is 3. The highest BCUT2D eigenvalue weighted by Gasteiger charge is 2.19. The van der Waals surface area contributed by atoms with E-state index in [0.29, 0.717) is 6.04 Å². The fraction of sp³-hybridized carbons (Fsp3) is 0.714. The Hall–Kier alpha value is -1.36. The third-order valence-corrected chi connectivity index (χ3v) is 3.19. The second-order valence-corrected chi connectivity index (χ2v) is 6.36. The first-order valence-corrected chi connectivity index (χ1v) is 6.98. The number of aryl methyl sites for hydroxylation is 1. The van der Waals surface area contributed by atoms with Crippen LogP contribution in [0.15, 0.2) is 6.07 Å². The summed E-state index contributed by atoms with van der Waals surface area (Å²) >= 11 is 0. The Morgan fingerprint density at radius 1 is 1.26 bits per heavy atom. The zero-order valence-corrected chi connectivity index (χ0v) is 12.4. The summed E-state index contributed by atoms with van der Waals surface area (Å²) in [6.45, 7) is 10.3. The molecule has 0 spiro atoms. The van der Waals surface area contributed by atoms with Gasteiger partial charge in [0.05, 0.1) is 0 Å². The van der Waals surface area contributed by atoms with Crippen molar-refractivity contribution >= 4 is 11.6 Å². The summed E-state index contributed by atoms with van der Waals surface area (Å²) in [5, 5.41) is 3.41.